The highest BCUT2D eigenvalue weighted by Gasteiger charge is 2.09. The van der Waals surface area contributed by atoms with Crippen LogP contribution in [-0.4, -0.2) is 11.3 Å². The first-order valence-corrected chi connectivity index (χ1v) is 7.14. The molecule has 2 rings (SSSR count). The lowest BCUT2D eigenvalue weighted by molar-refractivity contribution is 0.414. The predicted octanol–water partition coefficient (Wildman–Crippen LogP) is 3.61. The summed E-state index contributed by atoms with van der Waals surface area (Å²) in [5.41, 5.74) is 0.780. The monoisotopic (exact) mass is 279 g/mol. The molecule has 0 aliphatic rings. The van der Waals surface area contributed by atoms with Gasteiger partial charge in [-0.25, -0.2) is 8.57 Å². The summed E-state index contributed by atoms with van der Waals surface area (Å²) in [7, 11) is -2.26. The molecule has 2 aromatic carbocycles. The van der Waals surface area contributed by atoms with E-state index in [2.05, 4.69) is 4.36 Å². The van der Waals surface area contributed by atoms with Gasteiger partial charge in [0.2, 0.25) is 10.1 Å². The van der Waals surface area contributed by atoms with Crippen LogP contribution < -0.4 is 4.74 Å². The van der Waals surface area contributed by atoms with Gasteiger partial charge in [-0.05, 0) is 29.8 Å². The van der Waals surface area contributed by atoms with Crippen molar-refractivity contribution in [2.24, 2.45) is 4.36 Å². The second-order valence-electron chi connectivity index (χ2n) is 3.91. The van der Waals surface area contributed by atoms with Crippen molar-refractivity contribution in [3.63, 3.8) is 0 Å². The summed E-state index contributed by atoms with van der Waals surface area (Å²) in [4.78, 5) is 0.100. The third-order valence-corrected chi connectivity index (χ3v) is 3.92. The topological polar surface area (TPSA) is 38.7 Å². The van der Waals surface area contributed by atoms with E-state index in [4.69, 9.17) is 4.74 Å². The van der Waals surface area contributed by atoms with Gasteiger partial charge in [0.15, 0.2) is 0 Å². The van der Waals surface area contributed by atoms with E-state index < -0.39 is 10.1 Å². The first kappa shape index (κ1) is 13.5. The fraction of sp³-hybridized carbons (Fsp3) is 0.143. The fourth-order valence-electron chi connectivity index (χ4n) is 1.55. The molecule has 0 aliphatic carbocycles. The van der Waals surface area contributed by atoms with Gasteiger partial charge in [-0.15, -0.1) is 3.89 Å². The van der Waals surface area contributed by atoms with Crippen molar-refractivity contribution in [2.45, 2.75) is 11.4 Å². The Kier molecular flexibility index (Phi) is 4.16. The minimum absolute atomic E-state index is 0.0637. The maximum atomic E-state index is 14.0. The fourth-order valence-corrected chi connectivity index (χ4v) is 2.51. The number of rotatable bonds is 4. The second kappa shape index (κ2) is 5.84. The van der Waals surface area contributed by atoms with Gasteiger partial charge in [-0.2, -0.15) is 0 Å². The van der Waals surface area contributed by atoms with E-state index >= 15 is 0 Å². The lowest BCUT2D eigenvalue weighted by Crippen LogP contribution is -1.93. The Hall–Kier alpha value is -1.88. The van der Waals surface area contributed by atoms with Crippen molar-refractivity contribution in [1.29, 1.82) is 0 Å². The van der Waals surface area contributed by atoms with Crippen molar-refractivity contribution >= 4 is 10.1 Å². The summed E-state index contributed by atoms with van der Waals surface area (Å²) in [6.45, 7) is 0.0637. The van der Waals surface area contributed by atoms with E-state index in [0.29, 0.717) is 5.75 Å². The highest BCUT2D eigenvalue weighted by Crippen LogP contribution is 2.17. The molecular formula is C14H14FNO2S. The van der Waals surface area contributed by atoms with Crippen LogP contribution >= 0.6 is 0 Å². The molecular weight excluding hydrogens is 265 g/mol. The van der Waals surface area contributed by atoms with Crippen molar-refractivity contribution < 1.29 is 12.8 Å². The first-order chi connectivity index (χ1) is 9.12. The molecule has 3 nitrogen and oxygen atoms in total. The SMILES string of the molecule is COc1ccc(CN=[S@](=O)(F)c2ccccc2)cc1. The van der Waals surface area contributed by atoms with Gasteiger partial charge in [0.1, 0.15) is 5.75 Å². The van der Waals surface area contributed by atoms with Gasteiger partial charge in [-0.3, -0.25) is 0 Å². The summed E-state index contributed by atoms with van der Waals surface area (Å²) in [5, 5.41) is 0. The van der Waals surface area contributed by atoms with E-state index in [9.17, 15) is 8.09 Å². The summed E-state index contributed by atoms with van der Waals surface area (Å²) in [6.07, 6.45) is 0. The van der Waals surface area contributed by atoms with Gasteiger partial charge in [0.05, 0.1) is 18.6 Å². The number of halogens is 1. The zero-order chi connectivity index (χ0) is 13.7. The molecule has 0 spiro atoms. The average Bonchev–Trinajstić information content (AvgIpc) is 2.47. The van der Waals surface area contributed by atoms with Crippen LogP contribution in [0, 0.1) is 0 Å². The van der Waals surface area contributed by atoms with Crippen molar-refractivity contribution in [1.82, 2.24) is 0 Å². The molecule has 5 heteroatoms. The van der Waals surface area contributed by atoms with E-state index in [1.54, 1.807) is 49.6 Å². The van der Waals surface area contributed by atoms with Crippen molar-refractivity contribution in [3.8, 4) is 5.75 Å². The molecule has 1 atom stereocenters. The Balaban J connectivity index is 2.19. The van der Waals surface area contributed by atoms with Gasteiger partial charge in [0.25, 0.3) is 0 Å². The van der Waals surface area contributed by atoms with Gasteiger partial charge in [0, 0.05) is 0 Å². The molecule has 0 aromatic heterocycles. The maximum absolute atomic E-state index is 14.0. The second-order valence-corrected chi connectivity index (χ2v) is 5.55. The third kappa shape index (κ3) is 3.54. The lowest BCUT2D eigenvalue weighted by Gasteiger charge is -2.02. The predicted molar refractivity (Wildman–Crippen MR) is 73.1 cm³/mol. The highest BCUT2D eigenvalue weighted by molar-refractivity contribution is 7.88. The standard InChI is InChI=1S/C14H14FNO2S/c1-18-13-9-7-12(8-10-13)11-16-19(15,17)14-5-3-2-4-6-14/h2-10H,11H2,1H3/t19-/m1/s1. The zero-order valence-electron chi connectivity index (χ0n) is 10.5. The van der Waals surface area contributed by atoms with Gasteiger partial charge >= 0.3 is 0 Å². The normalized spacial score (nSPS) is 13.6. The third-order valence-electron chi connectivity index (χ3n) is 2.61. The summed E-state index contributed by atoms with van der Waals surface area (Å²) < 4.78 is 34.5. The maximum Gasteiger partial charge on any atom is 0.231 e. The number of ether oxygens (including phenoxy) is 1. The lowest BCUT2D eigenvalue weighted by atomic mass is 10.2. The van der Waals surface area contributed by atoms with Crippen LogP contribution in [0.25, 0.3) is 0 Å². The molecule has 0 bridgehead atoms. The Labute approximate surface area is 112 Å². The van der Waals surface area contributed by atoms with Crippen molar-refractivity contribution in [2.75, 3.05) is 7.11 Å². The number of benzene rings is 2. The number of hydrogen-bond donors (Lipinski definition) is 0. The first-order valence-electron chi connectivity index (χ1n) is 5.72. The molecule has 0 radical (unpaired) electrons. The largest absolute Gasteiger partial charge is 0.497 e. The van der Waals surface area contributed by atoms with Crippen LogP contribution in [0.3, 0.4) is 0 Å². The van der Waals surface area contributed by atoms with E-state index in [1.807, 2.05) is 0 Å². The Bertz CT molecular complexity index is 647. The number of nitrogens with zero attached hydrogens (tertiary/aromatic N) is 1. The molecule has 0 N–H and O–H groups in total. The minimum Gasteiger partial charge on any atom is -0.497 e. The average molecular weight is 279 g/mol. The van der Waals surface area contributed by atoms with E-state index in [0.717, 1.165) is 5.56 Å². The quantitative estimate of drug-likeness (QED) is 0.802. The molecule has 2 aromatic rings. The van der Waals surface area contributed by atoms with Gasteiger partial charge < -0.3 is 4.74 Å². The molecule has 0 fully saturated rings. The molecule has 0 aliphatic heterocycles. The molecule has 19 heavy (non-hydrogen) atoms. The molecule has 100 valence electrons. The summed E-state index contributed by atoms with van der Waals surface area (Å²) in [5.74, 6) is 0.716. The number of hydrogen-bond acceptors (Lipinski definition) is 3. The smallest absolute Gasteiger partial charge is 0.231 e. The van der Waals surface area contributed by atoms with Gasteiger partial charge in [-0.1, -0.05) is 30.3 Å². The summed E-state index contributed by atoms with van der Waals surface area (Å²) >= 11 is 0. The molecule has 0 saturated carbocycles. The summed E-state index contributed by atoms with van der Waals surface area (Å²) in [6, 6.07) is 15.0. The van der Waals surface area contributed by atoms with Crippen molar-refractivity contribution in [3.05, 3.63) is 60.2 Å². The molecule has 0 saturated heterocycles. The zero-order valence-corrected chi connectivity index (χ0v) is 11.3. The van der Waals surface area contributed by atoms with Crippen LogP contribution in [-0.2, 0) is 16.7 Å². The molecule has 0 unspecified atom stereocenters. The Morgan fingerprint density at radius 3 is 2.32 bits per heavy atom. The number of methoxy groups -OCH3 is 1. The molecule has 0 amide bonds. The van der Waals surface area contributed by atoms with E-state index in [-0.39, 0.29) is 11.4 Å². The van der Waals surface area contributed by atoms with Crippen LogP contribution in [0.4, 0.5) is 3.89 Å². The van der Waals surface area contributed by atoms with Crippen LogP contribution in [0.2, 0.25) is 0 Å². The Morgan fingerprint density at radius 1 is 1.11 bits per heavy atom. The van der Waals surface area contributed by atoms with Crippen LogP contribution in [0.15, 0.2) is 63.9 Å². The van der Waals surface area contributed by atoms with Crippen LogP contribution in [0.1, 0.15) is 5.56 Å². The molecule has 0 heterocycles. The van der Waals surface area contributed by atoms with E-state index in [1.165, 1.54) is 12.1 Å². The minimum atomic E-state index is -3.83. The highest BCUT2D eigenvalue weighted by atomic mass is 32.3. The van der Waals surface area contributed by atoms with Crippen LogP contribution in [0.5, 0.6) is 5.75 Å². The Morgan fingerprint density at radius 2 is 1.74 bits per heavy atom.